The summed E-state index contributed by atoms with van der Waals surface area (Å²) in [6.07, 6.45) is 3.67. The molecule has 2 heterocycles. The molecule has 0 atom stereocenters. The maximum Gasteiger partial charge on any atom is 0.226 e. The van der Waals surface area contributed by atoms with E-state index in [2.05, 4.69) is 15.2 Å². The van der Waals surface area contributed by atoms with E-state index >= 15 is 0 Å². The topological polar surface area (TPSA) is 92.0 Å². The number of H-pyrrole nitrogens is 1. The lowest BCUT2D eigenvalue weighted by molar-refractivity contribution is 0.103. The summed E-state index contributed by atoms with van der Waals surface area (Å²) < 4.78 is 5.39. The van der Waals surface area contributed by atoms with Crippen LogP contribution < -0.4 is 0 Å². The zero-order valence-electron chi connectivity index (χ0n) is 11.2. The molecule has 0 saturated heterocycles. The quantitative estimate of drug-likeness (QED) is 0.437. The molecule has 110 valence electrons. The first-order valence-corrected chi connectivity index (χ1v) is 6.67. The van der Waals surface area contributed by atoms with Crippen LogP contribution in [0.4, 0.5) is 0 Å². The summed E-state index contributed by atoms with van der Waals surface area (Å²) in [6, 6.07) is 8.61. The van der Waals surface area contributed by atoms with Crippen molar-refractivity contribution in [3.63, 3.8) is 0 Å². The number of halogens is 1. The highest BCUT2D eigenvalue weighted by Gasteiger charge is 2.17. The number of aliphatic hydroxyl groups excluding tert-OH is 1. The van der Waals surface area contributed by atoms with E-state index in [0.29, 0.717) is 21.9 Å². The highest BCUT2D eigenvalue weighted by Crippen LogP contribution is 2.33. The number of aliphatic hydroxyl groups is 1. The Labute approximate surface area is 130 Å². The molecule has 0 aliphatic rings. The molecule has 6 nitrogen and oxygen atoms in total. The Morgan fingerprint density at radius 1 is 1.32 bits per heavy atom. The summed E-state index contributed by atoms with van der Waals surface area (Å²) in [5, 5.41) is 16.7. The van der Waals surface area contributed by atoms with Crippen LogP contribution in [0.15, 0.2) is 53.4 Å². The number of allylic oxidation sites excluding steroid dienone is 1. The Morgan fingerprint density at radius 2 is 2.14 bits per heavy atom. The van der Waals surface area contributed by atoms with Gasteiger partial charge in [-0.1, -0.05) is 23.7 Å². The minimum atomic E-state index is -0.499. The Hall–Kier alpha value is -2.86. The molecular formula is C15H10ClN3O3. The molecule has 0 aliphatic carbocycles. The molecule has 2 N–H and O–H groups in total. The van der Waals surface area contributed by atoms with Gasteiger partial charge in [-0.05, 0) is 18.2 Å². The summed E-state index contributed by atoms with van der Waals surface area (Å²) in [7, 11) is 0. The monoisotopic (exact) mass is 315 g/mol. The summed E-state index contributed by atoms with van der Waals surface area (Å²) in [4.78, 5) is 15.6. The fourth-order valence-corrected chi connectivity index (χ4v) is 2.18. The van der Waals surface area contributed by atoms with Gasteiger partial charge in [0.05, 0.1) is 16.8 Å². The van der Waals surface area contributed by atoms with Crippen molar-refractivity contribution in [3.8, 4) is 11.3 Å². The van der Waals surface area contributed by atoms with Gasteiger partial charge in [-0.25, -0.2) is 4.98 Å². The highest BCUT2D eigenvalue weighted by atomic mass is 35.5. The molecule has 2 aromatic heterocycles. The predicted octanol–water partition coefficient (Wildman–Crippen LogP) is 3.50. The van der Waals surface area contributed by atoms with Crippen molar-refractivity contribution in [2.45, 2.75) is 0 Å². The molecule has 0 amide bonds. The zero-order valence-corrected chi connectivity index (χ0v) is 11.9. The summed E-state index contributed by atoms with van der Waals surface area (Å²) in [5.74, 6) is -0.328. The Morgan fingerprint density at radius 3 is 2.86 bits per heavy atom. The molecule has 7 heteroatoms. The molecule has 3 rings (SSSR count). The Bertz CT molecular complexity index is 837. The summed E-state index contributed by atoms with van der Waals surface area (Å²) in [6.45, 7) is 0. The second-order valence-corrected chi connectivity index (χ2v) is 4.78. The van der Waals surface area contributed by atoms with Gasteiger partial charge in [-0.15, -0.1) is 0 Å². The van der Waals surface area contributed by atoms with Gasteiger partial charge in [0.25, 0.3) is 0 Å². The Kier molecular flexibility index (Phi) is 3.76. The first-order valence-electron chi connectivity index (χ1n) is 6.30. The van der Waals surface area contributed by atoms with E-state index in [1.54, 1.807) is 30.3 Å². The number of rotatable bonds is 4. The van der Waals surface area contributed by atoms with E-state index in [-0.39, 0.29) is 11.6 Å². The van der Waals surface area contributed by atoms with Crippen molar-refractivity contribution in [2.24, 2.45) is 0 Å². The molecule has 0 saturated carbocycles. The van der Waals surface area contributed by atoms with Crippen molar-refractivity contribution in [3.05, 3.63) is 65.4 Å². The smallest absolute Gasteiger partial charge is 0.226 e. The molecule has 0 unspecified atom stereocenters. The molecule has 0 radical (unpaired) electrons. The third kappa shape index (κ3) is 2.64. The van der Waals surface area contributed by atoms with E-state index in [9.17, 15) is 9.90 Å². The number of hydrogen-bond acceptors (Lipinski definition) is 5. The minimum Gasteiger partial charge on any atom is -0.507 e. The number of benzene rings is 1. The lowest BCUT2D eigenvalue weighted by Crippen LogP contribution is -1.99. The third-order valence-electron chi connectivity index (χ3n) is 2.98. The average Bonchev–Trinajstić information content (AvgIpc) is 3.19. The molecule has 0 bridgehead atoms. The van der Waals surface area contributed by atoms with Crippen molar-refractivity contribution in [2.75, 3.05) is 0 Å². The number of hydrogen-bond donors (Lipinski definition) is 2. The van der Waals surface area contributed by atoms with Crippen molar-refractivity contribution < 1.29 is 14.3 Å². The number of aromatic nitrogens is 3. The fraction of sp³-hybridized carbons (Fsp3) is 0. The molecule has 0 fully saturated rings. The fourth-order valence-electron chi connectivity index (χ4n) is 1.96. The van der Waals surface area contributed by atoms with Gasteiger partial charge >= 0.3 is 0 Å². The number of nitrogens with one attached hydrogen (secondary N) is 1. The number of carbonyl (C=O) groups is 1. The largest absolute Gasteiger partial charge is 0.507 e. The van der Waals surface area contributed by atoms with Crippen LogP contribution in [0.25, 0.3) is 17.1 Å². The van der Waals surface area contributed by atoms with Gasteiger partial charge in [0.2, 0.25) is 5.78 Å². The Balaban J connectivity index is 1.98. The van der Waals surface area contributed by atoms with E-state index in [1.807, 2.05) is 0 Å². The molecule has 1 aromatic carbocycles. The van der Waals surface area contributed by atoms with Gasteiger partial charge in [-0.2, -0.15) is 5.10 Å². The van der Waals surface area contributed by atoms with E-state index in [4.69, 9.17) is 16.0 Å². The number of carbonyl (C=O) groups excluding carboxylic acids is 1. The normalized spacial score (nSPS) is 11.6. The summed E-state index contributed by atoms with van der Waals surface area (Å²) >= 11 is 6.13. The number of furan rings is 1. The number of ketones is 1. The standard InChI is InChI=1S/C15H10ClN3O3/c16-11-4-2-1-3-9(11)14-10(5-6-22-14)12(20)7-13(21)15-17-8-18-19-15/h1-8,20H,(H,17,18,19). The third-order valence-corrected chi connectivity index (χ3v) is 3.31. The van der Waals surface area contributed by atoms with Gasteiger partial charge in [0.15, 0.2) is 5.82 Å². The van der Waals surface area contributed by atoms with E-state index in [1.165, 1.54) is 12.6 Å². The molecule has 0 aliphatic heterocycles. The summed E-state index contributed by atoms with van der Waals surface area (Å²) in [5.41, 5.74) is 0.984. The second kappa shape index (κ2) is 5.87. The van der Waals surface area contributed by atoms with Gasteiger partial charge in [0.1, 0.15) is 17.8 Å². The first-order chi connectivity index (χ1) is 10.7. The zero-order chi connectivity index (χ0) is 15.5. The lowest BCUT2D eigenvalue weighted by Gasteiger charge is -2.04. The highest BCUT2D eigenvalue weighted by molar-refractivity contribution is 6.33. The SMILES string of the molecule is O=C(C=C(O)c1ccoc1-c1ccccc1Cl)c1ncn[nH]1. The van der Waals surface area contributed by atoms with Crippen LogP contribution in [0.5, 0.6) is 0 Å². The van der Waals surface area contributed by atoms with Gasteiger partial charge < -0.3 is 9.52 Å². The molecule has 22 heavy (non-hydrogen) atoms. The maximum absolute atomic E-state index is 11.9. The van der Waals surface area contributed by atoms with Gasteiger partial charge in [-0.3, -0.25) is 9.89 Å². The van der Waals surface area contributed by atoms with Crippen molar-refractivity contribution in [1.29, 1.82) is 0 Å². The van der Waals surface area contributed by atoms with Crippen LogP contribution >= 0.6 is 11.6 Å². The van der Waals surface area contributed by atoms with Crippen LogP contribution in [0.3, 0.4) is 0 Å². The van der Waals surface area contributed by atoms with Crippen LogP contribution in [0.1, 0.15) is 16.2 Å². The van der Waals surface area contributed by atoms with E-state index < -0.39 is 5.78 Å². The average molecular weight is 316 g/mol. The van der Waals surface area contributed by atoms with Crippen LogP contribution in [-0.4, -0.2) is 26.1 Å². The molecule has 3 aromatic rings. The second-order valence-electron chi connectivity index (χ2n) is 4.37. The van der Waals surface area contributed by atoms with Gasteiger partial charge in [0, 0.05) is 11.6 Å². The first kappa shape index (κ1) is 14.1. The predicted molar refractivity (Wildman–Crippen MR) is 80.5 cm³/mol. The minimum absolute atomic E-state index is 0.0364. The van der Waals surface area contributed by atoms with Crippen LogP contribution in [-0.2, 0) is 0 Å². The van der Waals surface area contributed by atoms with E-state index in [0.717, 1.165) is 6.08 Å². The van der Waals surface area contributed by atoms with Crippen LogP contribution in [0, 0.1) is 0 Å². The number of aromatic amines is 1. The lowest BCUT2D eigenvalue weighted by atomic mass is 10.1. The van der Waals surface area contributed by atoms with Crippen molar-refractivity contribution in [1.82, 2.24) is 15.2 Å². The number of nitrogens with zero attached hydrogens (tertiary/aromatic N) is 2. The van der Waals surface area contributed by atoms with Crippen LogP contribution in [0.2, 0.25) is 5.02 Å². The molecular weight excluding hydrogens is 306 g/mol. The van der Waals surface area contributed by atoms with Crippen molar-refractivity contribution >= 4 is 23.1 Å². The maximum atomic E-state index is 11.9. The molecule has 0 spiro atoms.